The first-order valence-electron chi connectivity index (χ1n) is 12.2. The van der Waals surface area contributed by atoms with Gasteiger partial charge >= 0.3 is 0 Å². The largest absolute Gasteiger partial charge is 0.338 e. The summed E-state index contributed by atoms with van der Waals surface area (Å²) in [6, 6.07) is 23.6. The molecule has 1 aromatic heterocycles. The lowest BCUT2D eigenvalue weighted by molar-refractivity contribution is -0.128. The number of halogens is 1. The highest BCUT2D eigenvalue weighted by Crippen LogP contribution is 2.32. The molecule has 0 aliphatic carbocycles. The van der Waals surface area contributed by atoms with Gasteiger partial charge in [0.15, 0.2) is 0 Å². The Morgan fingerprint density at radius 1 is 1.03 bits per heavy atom. The molecular weight excluding hydrogens is 455 g/mol. The second-order valence-electron chi connectivity index (χ2n) is 9.54. The van der Waals surface area contributed by atoms with Crippen molar-refractivity contribution in [3.8, 4) is 0 Å². The molecule has 0 bridgehead atoms. The number of hydrogen-bond acceptors (Lipinski definition) is 3. The smallest absolute Gasteiger partial charge is 0.247 e. The molecule has 1 atom stereocenters. The SMILES string of the molecule is CC(C)N(C(=O)Cn1c([C@H]2CC(=O)N(Cc3ccc(F)cc3)C2)nc2ccccc21)c1ccccc1. The van der Waals surface area contributed by atoms with Crippen LogP contribution in [0.15, 0.2) is 78.9 Å². The Labute approximate surface area is 210 Å². The molecule has 4 aromatic rings. The second kappa shape index (κ2) is 9.93. The molecule has 7 heteroatoms. The van der Waals surface area contributed by atoms with Crippen LogP contribution in [0.5, 0.6) is 0 Å². The molecule has 0 radical (unpaired) electrons. The third-order valence-electron chi connectivity index (χ3n) is 6.66. The number of carbonyl (C=O) groups excluding carboxylic acids is 2. The standard InChI is InChI=1S/C29H29FN4O2/c1-20(2)34(24-8-4-3-5-9-24)28(36)19-33-26-11-7-6-10-25(26)31-29(33)22-16-27(35)32(18-22)17-21-12-14-23(30)15-13-21/h3-15,20,22H,16-19H2,1-2H3/t22-/m0/s1. The molecule has 1 saturated heterocycles. The molecular formula is C29H29FN4O2. The quantitative estimate of drug-likeness (QED) is 0.365. The third kappa shape index (κ3) is 4.73. The highest BCUT2D eigenvalue weighted by molar-refractivity contribution is 5.94. The molecule has 1 aliphatic heterocycles. The van der Waals surface area contributed by atoms with Gasteiger partial charge in [-0.25, -0.2) is 9.37 Å². The molecule has 2 amide bonds. The summed E-state index contributed by atoms with van der Waals surface area (Å²) in [5.74, 6) is 0.308. The highest BCUT2D eigenvalue weighted by atomic mass is 19.1. The lowest BCUT2D eigenvalue weighted by atomic mass is 10.1. The van der Waals surface area contributed by atoms with Gasteiger partial charge in [-0.3, -0.25) is 9.59 Å². The van der Waals surface area contributed by atoms with E-state index in [4.69, 9.17) is 4.98 Å². The molecule has 6 nitrogen and oxygen atoms in total. The van der Waals surface area contributed by atoms with E-state index in [2.05, 4.69) is 0 Å². The number of imidazole rings is 1. The first-order valence-corrected chi connectivity index (χ1v) is 12.2. The Balaban J connectivity index is 1.44. The summed E-state index contributed by atoms with van der Waals surface area (Å²) in [4.78, 5) is 35.0. The maximum Gasteiger partial charge on any atom is 0.247 e. The number of anilines is 1. The minimum absolute atomic E-state index is 0.0163. The van der Waals surface area contributed by atoms with Crippen molar-refractivity contribution in [1.82, 2.24) is 14.5 Å². The number of fused-ring (bicyclic) bond motifs is 1. The Kier molecular flexibility index (Phi) is 6.55. The Morgan fingerprint density at radius 3 is 2.44 bits per heavy atom. The number of benzene rings is 3. The van der Waals surface area contributed by atoms with Crippen LogP contribution in [0, 0.1) is 5.82 Å². The lowest BCUT2D eigenvalue weighted by Crippen LogP contribution is -2.39. The van der Waals surface area contributed by atoms with Crippen molar-refractivity contribution < 1.29 is 14.0 Å². The summed E-state index contributed by atoms with van der Waals surface area (Å²) in [5.41, 5.74) is 3.41. The Bertz CT molecular complexity index is 1380. The lowest BCUT2D eigenvalue weighted by Gasteiger charge is -2.27. The van der Waals surface area contributed by atoms with Crippen molar-refractivity contribution in [2.45, 2.75) is 45.3 Å². The van der Waals surface area contributed by atoms with Crippen LogP contribution >= 0.6 is 0 Å². The number of aromatic nitrogens is 2. The zero-order valence-electron chi connectivity index (χ0n) is 20.5. The second-order valence-corrected chi connectivity index (χ2v) is 9.54. The van der Waals surface area contributed by atoms with Gasteiger partial charge < -0.3 is 14.4 Å². The van der Waals surface area contributed by atoms with E-state index in [0.29, 0.717) is 19.5 Å². The van der Waals surface area contributed by atoms with E-state index in [9.17, 15) is 14.0 Å². The fourth-order valence-electron chi connectivity index (χ4n) is 5.01. The molecule has 2 heterocycles. The van der Waals surface area contributed by atoms with Gasteiger partial charge in [0, 0.05) is 37.2 Å². The number of amides is 2. The summed E-state index contributed by atoms with van der Waals surface area (Å²) in [5, 5.41) is 0. The van der Waals surface area contributed by atoms with Crippen LogP contribution in [0.25, 0.3) is 11.0 Å². The van der Waals surface area contributed by atoms with E-state index in [0.717, 1.165) is 28.1 Å². The fraction of sp³-hybridized carbons (Fsp3) is 0.276. The van der Waals surface area contributed by atoms with Gasteiger partial charge in [-0.2, -0.15) is 0 Å². The molecule has 1 fully saturated rings. The van der Waals surface area contributed by atoms with E-state index in [1.165, 1.54) is 12.1 Å². The summed E-state index contributed by atoms with van der Waals surface area (Å²) in [7, 11) is 0. The molecule has 0 unspecified atom stereocenters. The van der Waals surface area contributed by atoms with E-state index < -0.39 is 0 Å². The summed E-state index contributed by atoms with van der Waals surface area (Å²) >= 11 is 0. The first kappa shape index (κ1) is 23.7. The van der Waals surface area contributed by atoms with E-state index in [-0.39, 0.29) is 36.1 Å². The number of nitrogens with zero attached hydrogens (tertiary/aromatic N) is 4. The number of hydrogen-bond donors (Lipinski definition) is 0. The fourth-order valence-corrected chi connectivity index (χ4v) is 5.01. The Hall–Kier alpha value is -4.00. The normalized spacial score (nSPS) is 15.7. The van der Waals surface area contributed by atoms with Gasteiger partial charge in [0.2, 0.25) is 11.8 Å². The van der Waals surface area contributed by atoms with Crippen LogP contribution in [0.2, 0.25) is 0 Å². The van der Waals surface area contributed by atoms with Crippen molar-refractivity contribution in [2.75, 3.05) is 11.4 Å². The van der Waals surface area contributed by atoms with Crippen LogP contribution in [-0.2, 0) is 22.7 Å². The van der Waals surface area contributed by atoms with Crippen LogP contribution in [-0.4, -0.2) is 38.9 Å². The average molecular weight is 485 g/mol. The zero-order valence-corrected chi connectivity index (χ0v) is 20.5. The van der Waals surface area contributed by atoms with Gasteiger partial charge in [0.25, 0.3) is 0 Å². The summed E-state index contributed by atoms with van der Waals surface area (Å²) in [6.45, 7) is 5.05. The Morgan fingerprint density at radius 2 is 1.72 bits per heavy atom. The van der Waals surface area contributed by atoms with Crippen molar-refractivity contribution in [2.24, 2.45) is 0 Å². The minimum Gasteiger partial charge on any atom is -0.338 e. The molecule has 3 aromatic carbocycles. The van der Waals surface area contributed by atoms with Gasteiger partial charge in [-0.15, -0.1) is 0 Å². The first-order chi connectivity index (χ1) is 17.4. The van der Waals surface area contributed by atoms with Gasteiger partial charge in [0.1, 0.15) is 18.2 Å². The molecule has 184 valence electrons. The number of carbonyl (C=O) groups is 2. The summed E-state index contributed by atoms with van der Waals surface area (Å²) in [6.07, 6.45) is 0.325. The molecule has 0 N–H and O–H groups in total. The van der Waals surface area contributed by atoms with Crippen molar-refractivity contribution in [3.63, 3.8) is 0 Å². The molecule has 36 heavy (non-hydrogen) atoms. The molecule has 0 spiro atoms. The third-order valence-corrected chi connectivity index (χ3v) is 6.66. The molecule has 1 aliphatic rings. The maximum atomic E-state index is 13.6. The average Bonchev–Trinajstić information content (AvgIpc) is 3.41. The monoisotopic (exact) mass is 484 g/mol. The van der Waals surface area contributed by atoms with E-state index >= 15 is 0 Å². The van der Waals surface area contributed by atoms with E-state index in [1.807, 2.05) is 73.0 Å². The van der Waals surface area contributed by atoms with Crippen molar-refractivity contribution >= 4 is 28.5 Å². The maximum absolute atomic E-state index is 13.6. The zero-order chi connectivity index (χ0) is 25.2. The van der Waals surface area contributed by atoms with E-state index in [1.54, 1.807) is 21.9 Å². The molecule has 0 saturated carbocycles. The number of para-hydroxylation sites is 3. The molecule has 5 rings (SSSR count). The van der Waals surface area contributed by atoms with Crippen LogP contribution in [0.1, 0.15) is 37.6 Å². The predicted octanol–water partition coefficient (Wildman–Crippen LogP) is 5.13. The predicted molar refractivity (Wildman–Crippen MR) is 138 cm³/mol. The number of rotatable bonds is 7. The number of likely N-dealkylation sites (tertiary alicyclic amines) is 1. The van der Waals surface area contributed by atoms with Crippen molar-refractivity contribution in [1.29, 1.82) is 0 Å². The van der Waals surface area contributed by atoms with Crippen molar-refractivity contribution in [3.05, 3.63) is 96.1 Å². The highest BCUT2D eigenvalue weighted by Gasteiger charge is 2.34. The minimum atomic E-state index is -0.297. The topological polar surface area (TPSA) is 58.4 Å². The van der Waals surface area contributed by atoms with Gasteiger partial charge in [-0.05, 0) is 55.8 Å². The van der Waals surface area contributed by atoms with Crippen LogP contribution in [0.3, 0.4) is 0 Å². The van der Waals surface area contributed by atoms with Gasteiger partial charge in [-0.1, -0.05) is 42.5 Å². The van der Waals surface area contributed by atoms with Crippen LogP contribution < -0.4 is 4.90 Å². The van der Waals surface area contributed by atoms with Crippen LogP contribution in [0.4, 0.5) is 10.1 Å². The van der Waals surface area contributed by atoms with Gasteiger partial charge in [0.05, 0.1) is 11.0 Å². The summed E-state index contributed by atoms with van der Waals surface area (Å²) < 4.78 is 15.3.